The highest BCUT2D eigenvalue weighted by Crippen LogP contribution is 2.12. The normalized spacial score (nSPS) is 10.6. The van der Waals surface area contributed by atoms with Gasteiger partial charge in [-0.1, -0.05) is 24.6 Å². The van der Waals surface area contributed by atoms with Crippen molar-refractivity contribution in [1.29, 1.82) is 0 Å². The van der Waals surface area contributed by atoms with Crippen LogP contribution >= 0.6 is 12.2 Å². The summed E-state index contributed by atoms with van der Waals surface area (Å²) in [6, 6.07) is 12.4. The molecular formula is C21H21N5O5S. The Morgan fingerprint density at radius 3 is 2.62 bits per heavy atom. The maximum atomic E-state index is 12.6. The average molecular weight is 455 g/mol. The Hall–Kier alpha value is -3.86. The fourth-order valence-electron chi connectivity index (χ4n) is 3.16. The van der Waals surface area contributed by atoms with Gasteiger partial charge in [0.25, 0.3) is 17.2 Å². The molecule has 3 N–H and O–H groups in total. The lowest BCUT2D eigenvalue weighted by Crippen LogP contribution is -2.41. The molecule has 0 radical (unpaired) electrons. The van der Waals surface area contributed by atoms with Gasteiger partial charge in [0.2, 0.25) is 5.91 Å². The average Bonchev–Trinajstić information content (AvgIpc) is 2.79. The molecule has 10 nitrogen and oxygen atoms in total. The molecule has 1 aromatic heterocycles. The van der Waals surface area contributed by atoms with E-state index in [1.165, 1.54) is 22.8 Å². The summed E-state index contributed by atoms with van der Waals surface area (Å²) in [5.74, 6) is -1.03. The fraction of sp³-hybridized carbons (Fsp3) is 0.238. The fourth-order valence-corrected chi connectivity index (χ4v) is 3.44. The number of hydrogen-bond donors (Lipinski definition) is 3. The number of nitrogens with zero attached hydrogens (tertiary/aromatic N) is 2. The first kappa shape index (κ1) is 22.8. The minimum atomic E-state index is -0.646. The third-order valence-corrected chi connectivity index (χ3v) is 5.13. The van der Waals surface area contributed by atoms with Crippen LogP contribution in [0.4, 0.5) is 5.69 Å². The van der Waals surface area contributed by atoms with Crippen molar-refractivity contribution < 1.29 is 14.5 Å². The van der Waals surface area contributed by atoms with Gasteiger partial charge in [0.15, 0.2) is 4.77 Å². The lowest BCUT2D eigenvalue weighted by Gasteiger charge is -2.09. The number of aromatic nitrogens is 2. The van der Waals surface area contributed by atoms with Crippen LogP contribution in [0.1, 0.15) is 36.0 Å². The topological polar surface area (TPSA) is 139 Å². The molecule has 0 fully saturated rings. The van der Waals surface area contributed by atoms with Crippen molar-refractivity contribution in [3.63, 3.8) is 0 Å². The maximum absolute atomic E-state index is 12.6. The van der Waals surface area contributed by atoms with Gasteiger partial charge in [0.1, 0.15) is 0 Å². The van der Waals surface area contributed by atoms with E-state index in [1.807, 2.05) is 6.07 Å². The summed E-state index contributed by atoms with van der Waals surface area (Å²) in [7, 11) is 0. The number of amides is 2. The summed E-state index contributed by atoms with van der Waals surface area (Å²) in [5.41, 5.74) is 4.93. The van der Waals surface area contributed by atoms with Crippen molar-refractivity contribution in [3.05, 3.63) is 79.3 Å². The molecule has 166 valence electrons. The van der Waals surface area contributed by atoms with E-state index >= 15 is 0 Å². The zero-order valence-electron chi connectivity index (χ0n) is 17.0. The second-order valence-corrected chi connectivity index (χ2v) is 7.44. The number of unbranched alkanes of at least 4 members (excludes halogenated alkanes) is 2. The number of fused-ring (bicyclic) bond motifs is 1. The predicted octanol–water partition coefficient (Wildman–Crippen LogP) is 2.99. The molecule has 3 aromatic rings. The van der Waals surface area contributed by atoms with Crippen LogP contribution < -0.4 is 16.4 Å². The molecule has 1 heterocycles. The SMILES string of the molecule is O=C(CCCCCn1c(=S)[nH]c2ccccc2c1=O)NNC(=O)c1cccc([N+](=O)[O-])c1. The van der Waals surface area contributed by atoms with E-state index in [4.69, 9.17) is 12.2 Å². The Balaban J connectivity index is 1.42. The van der Waals surface area contributed by atoms with Gasteiger partial charge in [0, 0.05) is 30.7 Å². The number of carbonyl (C=O) groups is 2. The molecule has 0 spiro atoms. The van der Waals surface area contributed by atoms with Crippen molar-refractivity contribution in [2.24, 2.45) is 0 Å². The predicted molar refractivity (Wildman–Crippen MR) is 121 cm³/mol. The number of non-ortho nitro benzene ring substituents is 1. The van der Waals surface area contributed by atoms with Gasteiger partial charge in [-0.25, -0.2) is 0 Å². The Labute approximate surface area is 187 Å². The molecule has 2 amide bonds. The van der Waals surface area contributed by atoms with Gasteiger partial charge in [-0.3, -0.25) is 39.9 Å². The van der Waals surface area contributed by atoms with Crippen LogP contribution in [0.2, 0.25) is 0 Å². The van der Waals surface area contributed by atoms with Gasteiger partial charge in [-0.15, -0.1) is 0 Å². The summed E-state index contributed by atoms with van der Waals surface area (Å²) < 4.78 is 1.87. The van der Waals surface area contributed by atoms with Gasteiger partial charge in [0.05, 0.1) is 15.8 Å². The second kappa shape index (κ2) is 10.4. The van der Waals surface area contributed by atoms with Crippen LogP contribution in [0, 0.1) is 14.9 Å². The van der Waals surface area contributed by atoms with Crippen LogP contribution in [-0.4, -0.2) is 26.3 Å². The maximum Gasteiger partial charge on any atom is 0.270 e. The number of carbonyl (C=O) groups excluding carboxylic acids is 2. The third-order valence-electron chi connectivity index (χ3n) is 4.81. The van der Waals surface area contributed by atoms with Crippen LogP contribution in [0.15, 0.2) is 53.3 Å². The zero-order valence-corrected chi connectivity index (χ0v) is 17.8. The molecule has 32 heavy (non-hydrogen) atoms. The zero-order chi connectivity index (χ0) is 23.1. The molecule has 11 heteroatoms. The van der Waals surface area contributed by atoms with Crippen LogP contribution in [0.3, 0.4) is 0 Å². The first-order valence-corrected chi connectivity index (χ1v) is 10.3. The van der Waals surface area contributed by atoms with Crippen molar-refractivity contribution >= 4 is 40.6 Å². The number of hydrazine groups is 1. The number of rotatable bonds is 8. The quantitative estimate of drug-likeness (QED) is 0.207. The summed E-state index contributed by atoms with van der Waals surface area (Å²) in [6.45, 7) is 0.435. The van der Waals surface area contributed by atoms with E-state index in [0.29, 0.717) is 41.5 Å². The second-order valence-electron chi connectivity index (χ2n) is 7.05. The van der Waals surface area contributed by atoms with Crippen molar-refractivity contribution in [3.8, 4) is 0 Å². The van der Waals surface area contributed by atoms with Crippen LogP contribution in [0.5, 0.6) is 0 Å². The van der Waals surface area contributed by atoms with E-state index < -0.39 is 10.8 Å². The van der Waals surface area contributed by atoms with E-state index in [0.717, 1.165) is 6.07 Å². The monoisotopic (exact) mass is 455 g/mol. The molecule has 0 aliphatic carbocycles. The molecule has 0 atom stereocenters. The summed E-state index contributed by atoms with van der Waals surface area (Å²) in [4.78, 5) is 49.8. The Kier molecular flexibility index (Phi) is 7.45. The van der Waals surface area contributed by atoms with Crippen molar-refractivity contribution in [2.75, 3.05) is 0 Å². The number of benzene rings is 2. The number of para-hydroxylation sites is 1. The highest BCUT2D eigenvalue weighted by Gasteiger charge is 2.12. The molecule has 0 unspecified atom stereocenters. The number of nitro benzene ring substituents is 1. The Morgan fingerprint density at radius 2 is 1.84 bits per heavy atom. The largest absolute Gasteiger partial charge is 0.332 e. The lowest BCUT2D eigenvalue weighted by molar-refractivity contribution is -0.384. The summed E-state index contributed by atoms with van der Waals surface area (Å²) in [6.07, 6.45) is 2.06. The number of hydrogen-bond acceptors (Lipinski definition) is 6. The number of nitrogens with one attached hydrogen (secondary N) is 3. The summed E-state index contributed by atoms with van der Waals surface area (Å²) in [5, 5.41) is 11.3. The minimum Gasteiger partial charge on any atom is -0.332 e. The molecule has 3 rings (SSSR count). The molecule has 0 aliphatic rings. The van der Waals surface area contributed by atoms with Gasteiger partial charge >= 0.3 is 0 Å². The van der Waals surface area contributed by atoms with Crippen LogP contribution in [0.25, 0.3) is 10.9 Å². The third kappa shape index (κ3) is 5.64. The molecule has 0 saturated carbocycles. The molecule has 0 saturated heterocycles. The van der Waals surface area contributed by atoms with E-state index in [1.54, 1.807) is 18.2 Å². The summed E-state index contributed by atoms with van der Waals surface area (Å²) >= 11 is 5.27. The molecule has 0 bridgehead atoms. The van der Waals surface area contributed by atoms with E-state index in [9.17, 15) is 24.5 Å². The Morgan fingerprint density at radius 1 is 1.06 bits per heavy atom. The number of nitro groups is 1. The lowest BCUT2D eigenvalue weighted by atomic mass is 10.2. The van der Waals surface area contributed by atoms with E-state index in [2.05, 4.69) is 15.8 Å². The van der Waals surface area contributed by atoms with E-state index in [-0.39, 0.29) is 29.1 Å². The van der Waals surface area contributed by atoms with Crippen molar-refractivity contribution in [2.45, 2.75) is 32.2 Å². The first-order chi connectivity index (χ1) is 15.4. The number of aromatic amines is 1. The smallest absolute Gasteiger partial charge is 0.270 e. The highest BCUT2D eigenvalue weighted by molar-refractivity contribution is 7.71. The molecule has 0 aliphatic heterocycles. The van der Waals surface area contributed by atoms with Gasteiger partial charge in [-0.2, -0.15) is 0 Å². The van der Waals surface area contributed by atoms with Crippen LogP contribution in [-0.2, 0) is 11.3 Å². The number of H-pyrrole nitrogens is 1. The van der Waals surface area contributed by atoms with Gasteiger partial charge in [-0.05, 0) is 43.3 Å². The minimum absolute atomic E-state index is 0.0665. The standard InChI is InChI=1S/C21H21N5O5S/c27-18(23-24-19(28)14-7-6-8-15(13-14)26(30)31)11-2-1-5-12-25-20(29)16-9-3-4-10-17(16)22-21(25)32/h3-4,6-10,13H,1-2,5,11-12H2,(H,22,32)(H,23,27)(H,24,28). The Bertz CT molecular complexity index is 1280. The van der Waals surface area contributed by atoms with Gasteiger partial charge < -0.3 is 4.98 Å². The van der Waals surface area contributed by atoms with Crippen molar-refractivity contribution in [1.82, 2.24) is 20.4 Å². The first-order valence-electron chi connectivity index (χ1n) is 9.92. The highest BCUT2D eigenvalue weighted by atomic mass is 32.1. The molecular weight excluding hydrogens is 434 g/mol. The molecule has 2 aromatic carbocycles.